The molecule has 0 aromatic heterocycles. The van der Waals surface area contributed by atoms with Gasteiger partial charge in [-0.2, -0.15) is 0 Å². The van der Waals surface area contributed by atoms with Crippen molar-refractivity contribution in [2.24, 2.45) is 5.92 Å². The molecule has 1 fully saturated rings. The van der Waals surface area contributed by atoms with Crippen LogP contribution in [-0.2, 0) is 4.74 Å². The van der Waals surface area contributed by atoms with Crippen molar-refractivity contribution in [3.8, 4) is 0 Å². The Morgan fingerprint density at radius 3 is 3.13 bits per heavy atom. The van der Waals surface area contributed by atoms with Gasteiger partial charge in [-0.15, -0.1) is 0 Å². The molecule has 1 heterocycles. The number of hydrogen-bond donors (Lipinski definition) is 1. The average molecular weight is 214 g/mol. The highest BCUT2D eigenvalue weighted by Gasteiger charge is 2.12. The third-order valence-corrected chi connectivity index (χ3v) is 2.86. The highest BCUT2D eigenvalue weighted by atomic mass is 16.5. The van der Waals surface area contributed by atoms with Crippen LogP contribution in [0.1, 0.15) is 26.7 Å². The summed E-state index contributed by atoms with van der Waals surface area (Å²) in [6, 6.07) is 0. The van der Waals surface area contributed by atoms with E-state index in [9.17, 15) is 0 Å². The molecule has 1 atom stereocenters. The zero-order valence-corrected chi connectivity index (χ0v) is 10.3. The predicted molar refractivity (Wildman–Crippen MR) is 64.2 cm³/mol. The van der Waals surface area contributed by atoms with Crippen LogP contribution in [0.5, 0.6) is 0 Å². The molecule has 0 aliphatic carbocycles. The third kappa shape index (κ3) is 6.13. The van der Waals surface area contributed by atoms with Crippen LogP contribution < -0.4 is 5.32 Å². The lowest BCUT2D eigenvalue weighted by Gasteiger charge is -2.28. The zero-order chi connectivity index (χ0) is 10.9. The Morgan fingerprint density at radius 2 is 2.33 bits per heavy atom. The molecule has 90 valence electrons. The molecule has 3 nitrogen and oxygen atoms in total. The molecule has 1 N–H and O–H groups in total. The van der Waals surface area contributed by atoms with Gasteiger partial charge < -0.3 is 15.0 Å². The summed E-state index contributed by atoms with van der Waals surface area (Å²) in [5.41, 5.74) is 0. The Balaban J connectivity index is 2.13. The van der Waals surface area contributed by atoms with Gasteiger partial charge >= 0.3 is 0 Å². The summed E-state index contributed by atoms with van der Waals surface area (Å²) in [5, 5.41) is 3.48. The molecule has 3 heteroatoms. The van der Waals surface area contributed by atoms with Crippen molar-refractivity contribution in [2.45, 2.75) is 26.7 Å². The summed E-state index contributed by atoms with van der Waals surface area (Å²) >= 11 is 0. The number of hydrogen-bond acceptors (Lipinski definition) is 3. The fourth-order valence-electron chi connectivity index (χ4n) is 2.11. The molecular weight excluding hydrogens is 188 g/mol. The molecule has 1 rings (SSSR count). The Labute approximate surface area is 94.2 Å². The van der Waals surface area contributed by atoms with Crippen LogP contribution in [0.2, 0.25) is 0 Å². The van der Waals surface area contributed by atoms with Crippen molar-refractivity contribution in [1.29, 1.82) is 0 Å². The van der Waals surface area contributed by atoms with Crippen molar-refractivity contribution in [1.82, 2.24) is 10.2 Å². The van der Waals surface area contributed by atoms with Gasteiger partial charge in [0, 0.05) is 26.3 Å². The van der Waals surface area contributed by atoms with Gasteiger partial charge in [0.25, 0.3) is 0 Å². The topological polar surface area (TPSA) is 24.5 Å². The molecule has 0 radical (unpaired) electrons. The van der Waals surface area contributed by atoms with E-state index in [1.807, 2.05) is 0 Å². The van der Waals surface area contributed by atoms with E-state index in [0.717, 1.165) is 19.1 Å². The van der Waals surface area contributed by atoms with E-state index >= 15 is 0 Å². The summed E-state index contributed by atoms with van der Waals surface area (Å²) in [6.45, 7) is 12.2. The fourth-order valence-corrected chi connectivity index (χ4v) is 2.11. The van der Waals surface area contributed by atoms with Gasteiger partial charge in [0.15, 0.2) is 0 Å². The van der Waals surface area contributed by atoms with Gasteiger partial charge in [-0.3, -0.25) is 0 Å². The van der Waals surface area contributed by atoms with Crippen molar-refractivity contribution < 1.29 is 4.74 Å². The van der Waals surface area contributed by atoms with Gasteiger partial charge in [0.05, 0.1) is 0 Å². The van der Waals surface area contributed by atoms with E-state index in [1.54, 1.807) is 0 Å². The monoisotopic (exact) mass is 214 g/mol. The van der Waals surface area contributed by atoms with Gasteiger partial charge in [-0.05, 0) is 45.3 Å². The summed E-state index contributed by atoms with van der Waals surface area (Å²) < 4.78 is 5.37. The minimum absolute atomic E-state index is 0.775. The highest BCUT2D eigenvalue weighted by Crippen LogP contribution is 2.04. The Kier molecular flexibility index (Phi) is 6.98. The van der Waals surface area contributed by atoms with E-state index in [-0.39, 0.29) is 0 Å². The first-order valence-corrected chi connectivity index (χ1v) is 6.33. The van der Waals surface area contributed by atoms with E-state index in [0.29, 0.717) is 0 Å². The first kappa shape index (κ1) is 12.9. The minimum Gasteiger partial charge on any atom is -0.382 e. The second-order valence-electron chi connectivity index (χ2n) is 4.51. The molecule has 0 aromatic carbocycles. The number of nitrogens with zero attached hydrogens (tertiary/aromatic N) is 1. The van der Waals surface area contributed by atoms with Crippen molar-refractivity contribution in [2.75, 3.05) is 45.9 Å². The van der Waals surface area contributed by atoms with Gasteiger partial charge in [-0.25, -0.2) is 0 Å². The first-order chi connectivity index (χ1) is 7.33. The van der Waals surface area contributed by atoms with E-state index < -0.39 is 0 Å². The molecule has 1 aliphatic heterocycles. The lowest BCUT2D eigenvalue weighted by Crippen LogP contribution is -2.39. The SMILES string of the molecule is CCOCCCN1CCCNCC(C)C1. The van der Waals surface area contributed by atoms with Gasteiger partial charge in [-0.1, -0.05) is 6.92 Å². The predicted octanol–water partition coefficient (Wildman–Crippen LogP) is 1.34. The smallest absolute Gasteiger partial charge is 0.0478 e. The molecular formula is C12H26N2O. The normalized spacial score (nSPS) is 24.8. The second-order valence-corrected chi connectivity index (χ2v) is 4.51. The molecule has 1 aliphatic rings. The molecule has 0 aromatic rings. The number of nitrogens with one attached hydrogen (secondary N) is 1. The summed E-state index contributed by atoms with van der Waals surface area (Å²) in [7, 11) is 0. The van der Waals surface area contributed by atoms with Gasteiger partial charge in [0.1, 0.15) is 0 Å². The first-order valence-electron chi connectivity index (χ1n) is 6.33. The molecule has 0 spiro atoms. The van der Waals surface area contributed by atoms with Crippen molar-refractivity contribution in [3.63, 3.8) is 0 Å². The van der Waals surface area contributed by atoms with E-state index in [4.69, 9.17) is 4.74 Å². The molecule has 1 saturated heterocycles. The van der Waals surface area contributed by atoms with Crippen LogP contribution in [0.15, 0.2) is 0 Å². The maximum atomic E-state index is 5.37. The standard InChI is InChI=1S/C12H26N2O/c1-3-15-9-5-8-14-7-4-6-13-10-12(2)11-14/h12-13H,3-11H2,1-2H3. The quantitative estimate of drug-likeness (QED) is 0.699. The number of ether oxygens (including phenoxy) is 1. The number of rotatable bonds is 5. The Morgan fingerprint density at radius 1 is 1.47 bits per heavy atom. The molecule has 0 bridgehead atoms. The second kappa shape index (κ2) is 8.08. The van der Waals surface area contributed by atoms with Crippen molar-refractivity contribution in [3.05, 3.63) is 0 Å². The van der Waals surface area contributed by atoms with Crippen LogP contribution in [0.4, 0.5) is 0 Å². The Hall–Kier alpha value is -0.120. The Bertz CT molecular complexity index is 153. The highest BCUT2D eigenvalue weighted by molar-refractivity contribution is 4.69. The van der Waals surface area contributed by atoms with Crippen LogP contribution in [0.25, 0.3) is 0 Å². The lowest BCUT2D eigenvalue weighted by atomic mass is 10.1. The average Bonchev–Trinajstić information content (AvgIpc) is 2.19. The molecule has 0 amide bonds. The van der Waals surface area contributed by atoms with Crippen LogP contribution in [0.3, 0.4) is 0 Å². The summed E-state index contributed by atoms with van der Waals surface area (Å²) in [5.74, 6) is 0.775. The third-order valence-electron chi connectivity index (χ3n) is 2.86. The van der Waals surface area contributed by atoms with Crippen LogP contribution in [0, 0.1) is 5.92 Å². The van der Waals surface area contributed by atoms with E-state index in [2.05, 4.69) is 24.1 Å². The van der Waals surface area contributed by atoms with Gasteiger partial charge in [0.2, 0.25) is 0 Å². The molecule has 1 unspecified atom stereocenters. The maximum absolute atomic E-state index is 5.37. The largest absolute Gasteiger partial charge is 0.382 e. The van der Waals surface area contributed by atoms with Crippen molar-refractivity contribution >= 4 is 0 Å². The molecule has 0 saturated carbocycles. The summed E-state index contributed by atoms with van der Waals surface area (Å²) in [6.07, 6.45) is 2.45. The van der Waals surface area contributed by atoms with E-state index in [1.165, 1.54) is 45.6 Å². The maximum Gasteiger partial charge on any atom is 0.0478 e. The molecule has 15 heavy (non-hydrogen) atoms. The lowest BCUT2D eigenvalue weighted by molar-refractivity contribution is 0.126. The van der Waals surface area contributed by atoms with Crippen LogP contribution >= 0.6 is 0 Å². The van der Waals surface area contributed by atoms with Crippen LogP contribution in [-0.4, -0.2) is 50.8 Å². The summed E-state index contributed by atoms with van der Waals surface area (Å²) in [4.78, 5) is 2.59. The fraction of sp³-hybridized carbons (Fsp3) is 1.00. The minimum atomic E-state index is 0.775. The zero-order valence-electron chi connectivity index (χ0n) is 10.3.